The molecule has 1 rings (SSSR count). The maximum Gasteiger partial charge on any atom is 0.137 e. The minimum absolute atomic E-state index is 0.365. The molecule has 0 aliphatic heterocycles. The van der Waals surface area contributed by atoms with Gasteiger partial charge in [0.1, 0.15) is 12.7 Å². The van der Waals surface area contributed by atoms with Gasteiger partial charge in [-0.25, -0.2) is 4.98 Å². The Morgan fingerprint density at radius 3 is 2.65 bits per heavy atom. The number of hydrogen-bond acceptors (Lipinski definition) is 4. The van der Waals surface area contributed by atoms with E-state index in [0.29, 0.717) is 12.6 Å². The average molecular weight is 240 g/mol. The van der Waals surface area contributed by atoms with E-state index in [1.54, 1.807) is 12.7 Å². The van der Waals surface area contributed by atoms with E-state index in [-0.39, 0.29) is 0 Å². The molecule has 0 aromatic carbocycles. The molecule has 5 nitrogen and oxygen atoms in total. The van der Waals surface area contributed by atoms with Crippen molar-refractivity contribution in [2.75, 3.05) is 6.54 Å². The zero-order chi connectivity index (χ0) is 12.7. The van der Waals surface area contributed by atoms with Crippen molar-refractivity contribution in [2.45, 2.75) is 58.2 Å². The molecule has 0 aliphatic carbocycles. The van der Waals surface area contributed by atoms with Gasteiger partial charge in [-0.05, 0) is 26.2 Å². The van der Waals surface area contributed by atoms with Gasteiger partial charge in [-0.15, -0.1) is 0 Å². The zero-order valence-corrected chi connectivity index (χ0v) is 11.1. The Balaban J connectivity index is 2.23. The van der Waals surface area contributed by atoms with Gasteiger partial charge in [0.15, 0.2) is 0 Å². The first kappa shape index (κ1) is 14.1. The normalized spacial score (nSPS) is 13.9. The standard InChI is InChI=1S/C12H24N4O/c1-4-12(17,5-2)8-14-11(3)6-7-16-10-13-9-15-16/h9-11,14,17H,4-8H2,1-3H3. The van der Waals surface area contributed by atoms with E-state index in [1.807, 2.05) is 18.5 Å². The Bertz CT molecular complexity index is 295. The molecule has 1 aromatic heterocycles. The minimum atomic E-state index is -0.568. The lowest BCUT2D eigenvalue weighted by Crippen LogP contribution is -2.43. The summed E-state index contributed by atoms with van der Waals surface area (Å²) in [5, 5.41) is 17.6. The number of rotatable bonds is 8. The van der Waals surface area contributed by atoms with E-state index in [0.717, 1.165) is 25.8 Å². The second-order valence-corrected chi connectivity index (χ2v) is 4.66. The molecule has 0 amide bonds. The smallest absolute Gasteiger partial charge is 0.137 e. The van der Waals surface area contributed by atoms with Gasteiger partial charge in [-0.1, -0.05) is 13.8 Å². The van der Waals surface area contributed by atoms with Crippen molar-refractivity contribution in [1.29, 1.82) is 0 Å². The van der Waals surface area contributed by atoms with Crippen LogP contribution in [0.15, 0.2) is 12.7 Å². The molecule has 0 saturated heterocycles. The molecule has 1 unspecified atom stereocenters. The quantitative estimate of drug-likeness (QED) is 0.716. The minimum Gasteiger partial charge on any atom is -0.389 e. The second-order valence-electron chi connectivity index (χ2n) is 4.66. The first-order valence-corrected chi connectivity index (χ1v) is 6.38. The van der Waals surface area contributed by atoms with Gasteiger partial charge in [-0.3, -0.25) is 4.68 Å². The fourth-order valence-corrected chi connectivity index (χ4v) is 1.64. The third-order valence-corrected chi connectivity index (χ3v) is 3.35. The maximum atomic E-state index is 10.1. The average Bonchev–Trinajstić information content (AvgIpc) is 2.86. The Morgan fingerprint density at radius 1 is 1.41 bits per heavy atom. The largest absolute Gasteiger partial charge is 0.389 e. The highest BCUT2D eigenvalue weighted by atomic mass is 16.3. The summed E-state index contributed by atoms with van der Waals surface area (Å²) in [7, 11) is 0. The fourth-order valence-electron chi connectivity index (χ4n) is 1.64. The topological polar surface area (TPSA) is 63.0 Å². The van der Waals surface area contributed by atoms with Crippen molar-refractivity contribution < 1.29 is 5.11 Å². The summed E-state index contributed by atoms with van der Waals surface area (Å²) in [6.45, 7) is 7.67. The summed E-state index contributed by atoms with van der Waals surface area (Å²) in [4.78, 5) is 3.90. The summed E-state index contributed by atoms with van der Waals surface area (Å²) in [5.41, 5.74) is -0.568. The molecule has 5 heteroatoms. The molecule has 1 heterocycles. The lowest BCUT2D eigenvalue weighted by Gasteiger charge is -2.27. The highest BCUT2D eigenvalue weighted by Crippen LogP contribution is 2.13. The van der Waals surface area contributed by atoms with Crippen molar-refractivity contribution in [2.24, 2.45) is 0 Å². The summed E-state index contributed by atoms with van der Waals surface area (Å²) < 4.78 is 1.82. The summed E-state index contributed by atoms with van der Waals surface area (Å²) in [5.74, 6) is 0. The summed E-state index contributed by atoms with van der Waals surface area (Å²) >= 11 is 0. The molecule has 0 spiro atoms. The van der Waals surface area contributed by atoms with Gasteiger partial charge in [0, 0.05) is 19.1 Å². The molecule has 98 valence electrons. The number of nitrogens with one attached hydrogen (secondary N) is 1. The number of aliphatic hydroxyl groups is 1. The van der Waals surface area contributed by atoms with Crippen LogP contribution >= 0.6 is 0 Å². The van der Waals surface area contributed by atoms with Crippen LogP contribution in [-0.4, -0.2) is 38.1 Å². The molecule has 2 N–H and O–H groups in total. The number of hydrogen-bond donors (Lipinski definition) is 2. The Morgan fingerprint density at radius 2 is 2.12 bits per heavy atom. The predicted molar refractivity (Wildman–Crippen MR) is 67.6 cm³/mol. The van der Waals surface area contributed by atoms with E-state index >= 15 is 0 Å². The van der Waals surface area contributed by atoms with Gasteiger partial charge < -0.3 is 10.4 Å². The number of nitrogens with zero attached hydrogens (tertiary/aromatic N) is 3. The van der Waals surface area contributed by atoms with Crippen LogP contribution in [0.5, 0.6) is 0 Å². The fraction of sp³-hybridized carbons (Fsp3) is 0.833. The van der Waals surface area contributed by atoms with Gasteiger partial charge >= 0.3 is 0 Å². The molecule has 0 saturated carbocycles. The van der Waals surface area contributed by atoms with Crippen LogP contribution in [0.25, 0.3) is 0 Å². The first-order valence-electron chi connectivity index (χ1n) is 6.38. The first-order chi connectivity index (χ1) is 8.09. The van der Waals surface area contributed by atoms with Gasteiger partial charge in [0.05, 0.1) is 5.60 Å². The molecule has 0 radical (unpaired) electrons. The van der Waals surface area contributed by atoms with Crippen molar-refractivity contribution in [3.63, 3.8) is 0 Å². The Kier molecular flexibility index (Phi) is 5.58. The number of aromatic nitrogens is 3. The van der Waals surface area contributed by atoms with E-state index < -0.39 is 5.60 Å². The number of aryl methyl sites for hydroxylation is 1. The van der Waals surface area contributed by atoms with E-state index in [1.165, 1.54) is 0 Å². The van der Waals surface area contributed by atoms with Crippen LogP contribution < -0.4 is 5.32 Å². The van der Waals surface area contributed by atoms with Crippen LogP contribution in [0, 0.1) is 0 Å². The molecule has 0 aliphatic rings. The predicted octanol–water partition coefficient (Wildman–Crippen LogP) is 1.20. The third kappa shape index (κ3) is 4.83. The van der Waals surface area contributed by atoms with E-state index in [9.17, 15) is 5.11 Å². The van der Waals surface area contributed by atoms with Gasteiger partial charge in [0.2, 0.25) is 0 Å². The van der Waals surface area contributed by atoms with Gasteiger partial charge in [0.25, 0.3) is 0 Å². The molecule has 0 fully saturated rings. The van der Waals surface area contributed by atoms with Crippen LogP contribution in [0.4, 0.5) is 0 Å². The highest BCUT2D eigenvalue weighted by molar-refractivity contribution is 4.79. The lowest BCUT2D eigenvalue weighted by molar-refractivity contribution is 0.0300. The monoisotopic (exact) mass is 240 g/mol. The van der Waals surface area contributed by atoms with Crippen molar-refractivity contribution in [1.82, 2.24) is 20.1 Å². The molecule has 0 bridgehead atoms. The molecule has 1 aromatic rings. The second kappa shape index (κ2) is 6.71. The molecule has 17 heavy (non-hydrogen) atoms. The summed E-state index contributed by atoms with van der Waals surface area (Å²) in [6, 6.07) is 0.365. The van der Waals surface area contributed by atoms with Crippen molar-refractivity contribution in [3.05, 3.63) is 12.7 Å². The van der Waals surface area contributed by atoms with Crippen molar-refractivity contribution in [3.8, 4) is 0 Å². The molecule has 1 atom stereocenters. The third-order valence-electron chi connectivity index (χ3n) is 3.35. The van der Waals surface area contributed by atoms with Crippen LogP contribution in [-0.2, 0) is 6.54 Å². The Labute approximate surface area is 103 Å². The van der Waals surface area contributed by atoms with Crippen LogP contribution in [0.1, 0.15) is 40.0 Å². The van der Waals surface area contributed by atoms with Crippen LogP contribution in [0.3, 0.4) is 0 Å². The Hall–Kier alpha value is -0.940. The van der Waals surface area contributed by atoms with E-state index in [2.05, 4.69) is 22.3 Å². The maximum absolute atomic E-state index is 10.1. The van der Waals surface area contributed by atoms with E-state index in [4.69, 9.17) is 0 Å². The zero-order valence-electron chi connectivity index (χ0n) is 11.1. The highest BCUT2D eigenvalue weighted by Gasteiger charge is 2.22. The molecular weight excluding hydrogens is 216 g/mol. The van der Waals surface area contributed by atoms with Crippen LogP contribution in [0.2, 0.25) is 0 Å². The SMILES string of the molecule is CCC(O)(CC)CNC(C)CCn1cncn1. The summed E-state index contributed by atoms with van der Waals surface area (Å²) in [6.07, 6.45) is 5.82. The lowest BCUT2D eigenvalue weighted by atomic mass is 9.97. The van der Waals surface area contributed by atoms with Gasteiger partial charge in [-0.2, -0.15) is 5.10 Å². The molecular formula is C12H24N4O. The van der Waals surface area contributed by atoms with Crippen molar-refractivity contribution >= 4 is 0 Å².